The van der Waals surface area contributed by atoms with Crippen LogP contribution in [0, 0.1) is 0 Å². The Balaban J connectivity index is 1.59. The summed E-state index contributed by atoms with van der Waals surface area (Å²) in [6, 6.07) is 11.1. The zero-order valence-electron chi connectivity index (χ0n) is 19.0. The van der Waals surface area contributed by atoms with E-state index in [0.29, 0.717) is 32.4 Å². The van der Waals surface area contributed by atoms with Crippen LogP contribution >= 0.6 is 35.0 Å². The van der Waals surface area contributed by atoms with Gasteiger partial charge in [0.2, 0.25) is 5.91 Å². The number of thioether (sulfide) groups is 1. The van der Waals surface area contributed by atoms with E-state index in [0.717, 1.165) is 37.1 Å². The van der Waals surface area contributed by atoms with Crippen LogP contribution in [-0.2, 0) is 4.79 Å². The van der Waals surface area contributed by atoms with E-state index in [-0.39, 0.29) is 17.7 Å². The van der Waals surface area contributed by atoms with Gasteiger partial charge in [-0.05, 0) is 43.2 Å². The zero-order valence-corrected chi connectivity index (χ0v) is 21.3. The molecule has 1 aromatic heterocycles. The van der Waals surface area contributed by atoms with E-state index in [1.54, 1.807) is 32.4 Å². The van der Waals surface area contributed by atoms with Gasteiger partial charge in [-0.1, -0.05) is 60.3 Å². The molecule has 10 heteroatoms. The van der Waals surface area contributed by atoms with Crippen LogP contribution in [0.5, 0.6) is 11.5 Å². The van der Waals surface area contributed by atoms with Crippen LogP contribution in [0.15, 0.2) is 41.6 Å². The number of amides is 1. The summed E-state index contributed by atoms with van der Waals surface area (Å²) in [5.41, 5.74) is 1.30. The molecule has 0 spiro atoms. The number of nitrogens with one attached hydrogen (secondary N) is 1. The minimum Gasteiger partial charge on any atom is -0.493 e. The van der Waals surface area contributed by atoms with Crippen LogP contribution in [0.4, 0.5) is 5.69 Å². The normalized spacial score (nSPS) is 14.1. The van der Waals surface area contributed by atoms with Gasteiger partial charge in [0.1, 0.15) is 0 Å². The SMILES string of the molecule is COc1ccc(-c2nnc(SCC(=O)Nc3c(Cl)cccc3Cl)n2C2CCCCC2)cc1OC. The van der Waals surface area contributed by atoms with Gasteiger partial charge in [0, 0.05) is 11.6 Å². The van der Waals surface area contributed by atoms with E-state index in [4.69, 9.17) is 32.7 Å². The molecular weight excluding hydrogens is 495 g/mol. The number of hydrogen-bond donors (Lipinski definition) is 1. The molecular formula is C24H26Cl2N4O3S. The summed E-state index contributed by atoms with van der Waals surface area (Å²) in [5.74, 6) is 1.97. The van der Waals surface area contributed by atoms with E-state index in [1.165, 1.54) is 18.2 Å². The number of carbonyl (C=O) groups is 1. The number of para-hydroxylation sites is 1. The predicted molar refractivity (Wildman–Crippen MR) is 136 cm³/mol. The maximum Gasteiger partial charge on any atom is 0.234 e. The smallest absolute Gasteiger partial charge is 0.234 e. The van der Waals surface area contributed by atoms with Gasteiger partial charge in [-0.3, -0.25) is 9.36 Å². The number of hydrogen-bond acceptors (Lipinski definition) is 6. The molecule has 0 radical (unpaired) electrons. The second-order valence-corrected chi connectivity index (χ2v) is 9.73. The fourth-order valence-corrected chi connectivity index (χ4v) is 5.44. The van der Waals surface area contributed by atoms with Crippen LogP contribution in [0.2, 0.25) is 10.0 Å². The van der Waals surface area contributed by atoms with Gasteiger partial charge in [-0.15, -0.1) is 10.2 Å². The average Bonchev–Trinajstić information content (AvgIpc) is 3.29. The molecule has 7 nitrogen and oxygen atoms in total. The van der Waals surface area contributed by atoms with Gasteiger partial charge < -0.3 is 14.8 Å². The molecule has 1 fully saturated rings. The molecule has 0 saturated heterocycles. The minimum atomic E-state index is -0.217. The number of benzene rings is 2. The number of rotatable bonds is 8. The molecule has 2 aromatic carbocycles. The lowest BCUT2D eigenvalue weighted by Crippen LogP contribution is -2.17. The van der Waals surface area contributed by atoms with E-state index in [9.17, 15) is 4.79 Å². The molecule has 0 bridgehead atoms. The molecule has 180 valence electrons. The number of anilines is 1. The number of nitrogens with zero attached hydrogens (tertiary/aromatic N) is 3. The van der Waals surface area contributed by atoms with Crippen molar-refractivity contribution in [2.24, 2.45) is 0 Å². The van der Waals surface area contributed by atoms with Gasteiger partial charge in [0.05, 0.1) is 35.7 Å². The standard InChI is InChI=1S/C24H26Cl2N4O3S/c1-32-19-12-11-15(13-20(19)33-2)23-28-29-24(30(23)16-7-4-3-5-8-16)34-14-21(31)27-22-17(25)9-6-10-18(22)26/h6,9-13,16H,3-5,7-8,14H2,1-2H3,(H,27,31). The van der Waals surface area contributed by atoms with Crippen molar-refractivity contribution < 1.29 is 14.3 Å². The minimum absolute atomic E-state index is 0.151. The van der Waals surface area contributed by atoms with Crippen LogP contribution in [0.3, 0.4) is 0 Å². The number of halogens is 2. The van der Waals surface area contributed by atoms with Crippen molar-refractivity contribution in [2.75, 3.05) is 25.3 Å². The van der Waals surface area contributed by atoms with E-state index in [1.807, 2.05) is 18.2 Å². The van der Waals surface area contributed by atoms with Crippen LogP contribution in [0.1, 0.15) is 38.1 Å². The Morgan fingerprint density at radius 1 is 1.06 bits per heavy atom. The Hall–Kier alpha value is -2.42. The van der Waals surface area contributed by atoms with Crippen molar-refractivity contribution in [1.29, 1.82) is 0 Å². The highest BCUT2D eigenvalue weighted by Gasteiger charge is 2.25. The molecule has 0 aliphatic heterocycles. The number of carbonyl (C=O) groups excluding carboxylic acids is 1. The summed E-state index contributed by atoms with van der Waals surface area (Å²) >= 11 is 13.7. The third-order valence-electron chi connectivity index (χ3n) is 5.81. The first-order chi connectivity index (χ1) is 16.5. The summed E-state index contributed by atoms with van der Waals surface area (Å²) in [5, 5.41) is 13.3. The first kappa shape index (κ1) is 24.7. The Kier molecular flexibility index (Phi) is 8.24. The number of aromatic nitrogens is 3. The second kappa shape index (κ2) is 11.3. The molecule has 0 atom stereocenters. The highest BCUT2D eigenvalue weighted by atomic mass is 35.5. The maximum absolute atomic E-state index is 12.7. The van der Waals surface area contributed by atoms with Gasteiger partial charge in [-0.2, -0.15) is 0 Å². The van der Waals surface area contributed by atoms with Crippen molar-refractivity contribution in [3.8, 4) is 22.9 Å². The summed E-state index contributed by atoms with van der Waals surface area (Å²) in [6.45, 7) is 0. The van der Waals surface area contributed by atoms with Crippen molar-refractivity contribution in [3.63, 3.8) is 0 Å². The molecule has 34 heavy (non-hydrogen) atoms. The maximum atomic E-state index is 12.7. The van der Waals surface area contributed by atoms with Gasteiger partial charge >= 0.3 is 0 Å². The quantitative estimate of drug-likeness (QED) is 0.341. The van der Waals surface area contributed by atoms with Crippen molar-refractivity contribution >= 4 is 46.6 Å². The van der Waals surface area contributed by atoms with Crippen LogP contribution in [0.25, 0.3) is 11.4 Å². The molecule has 4 rings (SSSR count). The van der Waals surface area contributed by atoms with Gasteiger partial charge in [-0.25, -0.2) is 0 Å². The average molecular weight is 521 g/mol. The van der Waals surface area contributed by atoms with Crippen molar-refractivity contribution in [3.05, 3.63) is 46.4 Å². The zero-order chi connectivity index (χ0) is 24.1. The lowest BCUT2D eigenvalue weighted by Gasteiger charge is -2.25. The summed E-state index contributed by atoms with van der Waals surface area (Å²) in [6.07, 6.45) is 5.64. The summed E-state index contributed by atoms with van der Waals surface area (Å²) < 4.78 is 13.0. The van der Waals surface area contributed by atoms with E-state index in [2.05, 4.69) is 20.1 Å². The molecule has 3 aromatic rings. The Morgan fingerprint density at radius 2 is 1.76 bits per heavy atom. The van der Waals surface area contributed by atoms with Crippen molar-refractivity contribution in [1.82, 2.24) is 14.8 Å². The number of methoxy groups -OCH3 is 2. The largest absolute Gasteiger partial charge is 0.493 e. The fourth-order valence-electron chi connectivity index (χ4n) is 4.14. The molecule has 1 heterocycles. The first-order valence-corrected chi connectivity index (χ1v) is 12.8. The predicted octanol–water partition coefficient (Wildman–Crippen LogP) is 6.51. The summed E-state index contributed by atoms with van der Waals surface area (Å²) in [4.78, 5) is 12.7. The highest BCUT2D eigenvalue weighted by Crippen LogP contribution is 2.38. The monoisotopic (exact) mass is 520 g/mol. The molecule has 1 saturated carbocycles. The Labute approximate surface area is 213 Å². The van der Waals surface area contributed by atoms with E-state index >= 15 is 0 Å². The molecule has 1 N–H and O–H groups in total. The second-order valence-electron chi connectivity index (χ2n) is 7.97. The fraction of sp³-hybridized carbons (Fsp3) is 0.375. The molecule has 1 aliphatic carbocycles. The van der Waals surface area contributed by atoms with Gasteiger partial charge in [0.15, 0.2) is 22.5 Å². The van der Waals surface area contributed by atoms with Crippen molar-refractivity contribution in [2.45, 2.75) is 43.3 Å². The topological polar surface area (TPSA) is 78.3 Å². The Morgan fingerprint density at radius 3 is 2.44 bits per heavy atom. The molecule has 1 amide bonds. The third-order valence-corrected chi connectivity index (χ3v) is 7.38. The molecule has 0 unspecified atom stereocenters. The number of ether oxygens (including phenoxy) is 2. The Bertz CT molecular complexity index is 1140. The first-order valence-electron chi connectivity index (χ1n) is 11.1. The third kappa shape index (κ3) is 5.45. The highest BCUT2D eigenvalue weighted by molar-refractivity contribution is 7.99. The van der Waals surface area contributed by atoms with Crippen LogP contribution in [-0.4, -0.2) is 40.6 Å². The van der Waals surface area contributed by atoms with Gasteiger partial charge in [0.25, 0.3) is 0 Å². The van der Waals surface area contributed by atoms with E-state index < -0.39 is 0 Å². The van der Waals surface area contributed by atoms with Crippen LogP contribution < -0.4 is 14.8 Å². The summed E-state index contributed by atoms with van der Waals surface area (Å²) in [7, 11) is 3.22. The lowest BCUT2D eigenvalue weighted by atomic mass is 9.95. The lowest BCUT2D eigenvalue weighted by molar-refractivity contribution is -0.113. The molecule has 1 aliphatic rings.